The molecule has 0 saturated carbocycles. The van der Waals surface area contributed by atoms with Crippen molar-refractivity contribution in [1.82, 2.24) is 4.98 Å². The van der Waals surface area contributed by atoms with Crippen molar-refractivity contribution >= 4 is 0 Å². The minimum atomic E-state index is -0.439. The highest BCUT2D eigenvalue weighted by atomic mass is 16.3. The van der Waals surface area contributed by atoms with Gasteiger partial charge in [0, 0.05) is 12.4 Å². The average Bonchev–Trinajstić information content (AvgIpc) is 2.16. The lowest BCUT2D eigenvalue weighted by atomic mass is 9.99. The van der Waals surface area contributed by atoms with E-state index < -0.39 is 6.10 Å². The summed E-state index contributed by atoms with van der Waals surface area (Å²) in [7, 11) is 0. The van der Waals surface area contributed by atoms with Gasteiger partial charge in [0.25, 0.3) is 0 Å². The maximum atomic E-state index is 9.91. The van der Waals surface area contributed by atoms with E-state index in [0.717, 1.165) is 23.1 Å². The first-order valence-electron chi connectivity index (χ1n) is 4.90. The molecule has 1 N–H and O–H groups in total. The standard InChI is InChI=1S/C12H17NO/c1-4-10-8-13-6-5-11(10)12(14)7-9(2)3/h5-6,8,12,14H,2,4,7H2,1,3H3. The summed E-state index contributed by atoms with van der Waals surface area (Å²) in [6.07, 6.45) is 4.62. The maximum Gasteiger partial charge on any atom is 0.0830 e. The monoisotopic (exact) mass is 191 g/mol. The number of aromatic nitrogens is 1. The largest absolute Gasteiger partial charge is 0.388 e. The zero-order valence-corrected chi connectivity index (χ0v) is 8.83. The molecule has 1 unspecified atom stereocenters. The maximum absolute atomic E-state index is 9.91. The first-order valence-corrected chi connectivity index (χ1v) is 4.90. The lowest BCUT2D eigenvalue weighted by molar-refractivity contribution is 0.177. The first-order chi connectivity index (χ1) is 6.65. The number of aliphatic hydroxyl groups excluding tert-OH is 1. The molecule has 2 nitrogen and oxygen atoms in total. The van der Waals surface area contributed by atoms with Gasteiger partial charge in [-0.25, -0.2) is 0 Å². The summed E-state index contributed by atoms with van der Waals surface area (Å²) in [6, 6.07) is 1.88. The molecular weight excluding hydrogens is 174 g/mol. The van der Waals surface area contributed by atoms with Gasteiger partial charge in [-0.2, -0.15) is 0 Å². The van der Waals surface area contributed by atoms with Crippen molar-refractivity contribution in [2.45, 2.75) is 32.8 Å². The Labute approximate surface area is 85.3 Å². The number of hydrogen-bond donors (Lipinski definition) is 1. The van der Waals surface area contributed by atoms with Crippen LogP contribution in [0.15, 0.2) is 30.6 Å². The normalized spacial score (nSPS) is 12.5. The molecule has 14 heavy (non-hydrogen) atoms. The molecule has 0 aliphatic carbocycles. The van der Waals surface area contributed by atoms with Crippen molar-refractivity contribution in [2.24, 2.45) is 0 Å². The molecule has 1 rings (SSSR count). The lowest BCUT2D eigenvalue weighted by Crippen LogP contribution is -2.02. The van der Waals surface area contributed by atoms with Crippen LogP contribution < -0.4 is 0 Å². The van der Waals surface area contributed by atoms with Gasteiger partial charge < -0.3 is 5.11 Å². The zero-order chi connectivity index (χ0) is 10.6. The third-order valence-electron chi connectivity index (χ3n) is 2.22. The van der Waals surface area contributed by atoms with Crippen LogP contribution >= 0.6 is 0 Å². The summed E-state index contributed by atoms with van der Waals surface area (Å²) in [5, 5.41) is 9.91. The predicted molar refractivity (Wildman–Crippen MR) is 58.0 cm³/mol. The van der Waals surface area contributed by atoms with E-state index in [0.29, 0.717) is 6.42 Å². The van der Waals surface area contributed by atoms with Crippen LogP contribution in [0.3, 0.4) is 0 Å². The topological polar surface area (TPSA) is 33.1 Å². The number of rotatable bonds is 4. The second-order valence-corrected chi connectivity index (χ2v) is 3.61. The van der Waals surface area contributed by atoms with Crippen LogP contribution in [0.5, 0.6) is 0 Å². The summed E-state index contributed by atoms with van der Waals surface area (Å²) in [4.78, 5) is 4.04. The number of hydrogen-bond acceptors (Lipinski definition) is 2. The Hall–Kier alpha value is -1.15. The SMILES string of the molecule is C=C(C)CC(O)c1ccncc1CC. The quantitative estimate of drug-likeness (QED) is 0.742. The Morgan fingerprint density at radius 3 is 2.93 bits per heavy atom. The second kappa shape index (κ2) is 4.91. The Morgan fingerprint density at radius 2 is 2.36 bits per heavy atom. The van der Waals surface area contributed by atoms with Crippen LogP contribution in [0.2, 0.25) is 0 Å². The molecule has 0 radical (unpaired) electrons. The van der Waals surface area contributed by atoms with Gasteiger partial charge in [-0.05, 0) is 37.0 Å². The highest BCUT2D eigenvalue weighted by Gasteiger charge is 2.10. The highest BCUT2D eigenvalue weighted by Crippen LogP contribution is 2.22. The summed E-state index contributed by atoms with van der Waals surface area (Å²) in [5.41, 5.74) is 3.09. The summed E-state index contributed by atoms with van der Waals surface area (Å²) >= 11 is 0. The molecule has 1 heterocycles. The zero-order valence-electron chi connectivity index (χ0n) is 8.83. The Morgan fingerprint density at radius 1 is 1.64 bits per heavy atom. The van der Waals surface area contributed by atoms with Crippen LogP contribution in [-0.4, -0.2) is 10.1 Å². The Bertz CT molecular complexity index is 320. The Kier molecular flexibility index (Phi) is 3.84. The molecule has 0 aliphatic rings. The number of nitrogens with zero attached hydrogens (tertiary/aromatic N) is 1. The van der Waals surface area contributed by atoms with Gasteiger partial charge in [0.15, 0.2) is 0 Å². The highest BCUT2D eigenvalue weighted by molar-refractivity contribution is 5.26. The van der Waals surface area contributed by atoms with Crippen LogP contribution in [-0.2, 0) is 6.42 Å². The first kappa shape index (κ1) is 10.9. The van der Waals surface area contributed by atoms with Gasteiger partial charge in [-0.15, -0.1) is 6.58 Å². The minimum absolute atomic E-state index is 0.439. The van der Waals surface area contributed by atoms with Crippen LogP contribution in [0.4, 0.5) is 0 Å². The molecule has 1 aromatic rings. The van der Waals surface area contributed by atoms with E-state index in [1.165, 1.54) is 0 Å². The lowest BCUT2D eigenvalue weighted by Gasteiger charge is -2.14. The molecule has 0 aliphatic heterocycles. The molecule has 0 amide bonds. The summed E-state index contributed by atoms with van der Waals surface area (Å²) < 4.78 is 0. The second-order valence-electron chi connectivity index (χ2n) is 3.61. The molecule has 2 heteroatoms. The fraction of sp³-hybridized carbons (Fsp3) is 0.417. The molecule has 0 saturated heterocycles. The summed E-state index contributed by atoms with van der Waals surface area (Å²) in [6.45, 7) is 7.79. The van der Waals surface area contributed by atoms with Crippen molar-refractivity contribution in [3.8, 4) is 0 Å². The molecular formula is C12H17NO. The van der Waals surface area contributed by atoms with E-state index in [1.54, 1.807) is 6.20 Å². The van der Waals surface area contributed by atoms with Crippen molar-refractivity contribution in [3.05, 3.63) is 41.7 Å². The number of aryl methyl sites for hydroxylation is 1. The molecule has 1 aromatic heterocycles. The third kappa shape index (κ3) is 2.67. The molecule has 0 aromatic carbocycles. The van der Waals surface area contributed by atoms with Gasteiger partial charge in [-0.3, -0.25) is 4.98 Å². The van der Waals surface area contributed by atoms with E-state index >= 15 is 0 Å². The Balaban J connectivity index is 2.87. The van der Waals surface area contributed by atoms with E-state index in [1.807, 2.05) is 19.2 Å². The molecule has 76 valence electrons. The number of pyridine rings is 1. The van der Waals surface area contributed by atoms with Gasteiger partial charge in [0.2, 0.25) is 0 Å². The van der Waals surface area contributed by atoms with Gasteiger partial charge in [0.05, 0.1) is 6.10 Å². The van der Waals surface area contributed by atoms with Crippen LogP contribution in [0.25, 0.3) is 0 Å². The van der Waals surface area contributed by atoms with E-state index in [-0.39, 0.29) is 0 Å². The smallest absolute Gasteiger partial charge is 0.0830 e. The predicted octanol–water partition coefficient (Wildman–Crippen LogP) is 2.64. The van der Waals surface area contributed by atoms with Crippen LogP contribution in [0.1, 0.15) is 37.5 Å². The fourth-order valence-electron chi connectivity index (χ4n) is 1.50. The van der Waals surface area contributed by atoms with Gasteiger partial charge in [0.1, 0.15) is 0 Å². The molecule has 0 fully saturated rings. The molecule has 0 bridgehead atoms. The third-order valence-corrected chi connectivity index (χ3v) is 2.22. The minimum Gasteiger partial charge on any atom is -0.388 e. The van der Waals surface area contributed by atoms with Crippen molar-refractivity contribution in [1.29, 1.82) is 0 Å². The van der Waals surface area contributed by atoms with Gasteiger partial charge in [-0.1, -0.05) is 12.5 Å². The van der Waals surface area contributed by atoms with Crippen LogP contribution in [0, 0.1) is 0 Å². The van der Waals surface area contributed by atoms with E-state index in [4.69, 9.17) is 0 Å². The summed E-state index contributed by atoms with van der Waals surface area (Å²) in [5.74, 6) is 0. The van der Waals surface area contributed by atoms with Crippen molar-refractivity contribution in [3.63, 3.8) is 0 Å². The molecule has 0 spiro atoms. The van der Waals surface area contributed by atoms with Gasteiger partial charge >= 0.3 is 0 Å². The molecule has 1 atom stereocenters. The fourth-order valence-corrected chi connectivity index (χ4v) is 1.50. The van der Waals surface area contributed by atoms with E-state index in [2.05, 4.69) is 18.5 Å². The average molecular weight is 191 g/mol. The number of aliphatic hydroxyl groups is 1. The van der Waals surface area contributed by atoms with Crippen molar-refractivity contribution in [2.75, 3.05) is 0 Å². The van der Waals surface area contributed by atoms with Crippen molar-refractivity contribution < 1.29 is 5.11 Å². The van der Waals surface area contributed by atoms with E-state index in [9.17, 15) is 5.11 Å².